The topological polar surface area (TPSA) is 45.7 Å². The average molecular weight is 470 g/mol. The maximum atomic E-state index is 13.4. The summed E-state index contributed by atoms with van der Waals surface area (Å²) in [7, 11) is 0. The molecule has 1 fully saturated rings. The Balaban J connectivity index is 1.50. The van der Waals surface area contributed by atoms with Gasteiger partial charge in [-0.1, -0.05) is 41.2 Å². The van der Waals surface area contributed by atoms with Crippen LogP contribution >= 0.6 is 23.1 Å². The Morgan fingerprint density at radius 3 is 2.53 bits per heavy atom. The number of carbonyl (C=O) groups excluding carboxylic acids is 1. The molecule has 2 heterocycles. The van der Waals surface area contributed by atoms with Crippen molar-refractivity contribution in [3.05, 3.63) is 53.1 Å². The lowest BCUT2D eigenvalue weighted by Crippen LogP contribution is -2.39. The second kappa shape index (κ2) is 10.8. The van der Waals surface area contributed by atoms with Gasteiger partial charge in [-0.3, -0.25) is 14.6 Å². The first-order valence-electron chi connectivity index (χ1n) is 11.2. The number of morpholine rings is 1. The van der Waals surface area contributed by atoms with Crippen molar-refractivity contribution in [1.82, 2.24) is 9.88 Å². The van der Waals surface area contributed by atoms with E-state index in [2.05, 4.69) is 62.1 Å². The summed E-state index contributed by atoms with van der Waals surface area (Å²) in [6, 6.07) is 12.6. The number of ether oxygens (including phenoxy) is 1. The number of thioether (sulfide) groups is 1. The summed E-state index contributed by atoms with van der Waals surface area (Å²) in [5, 5.41) is 0.814. The van der Waals surface area contributed by atoms with Gasteiger partial charge in [0.05, 0.1) is 29.2 Å². The molecule has 32 heavy (non-hydrogen) atoms. The fourth-order valence-corrected chi connectivity index (χ4v) is 5.75. The van der Waals surface area contributed by atoms with Gasteiger partial charge in [-0.25, -0.2) is 4.98 Å². The number of benzene rings is 2. The predicted molar refractivity (Wildman–Crippen MR) is 135 cm³/mol. The van der Waals surface area contributed by atoms with E-state index in [4.69, 9.17) is 9.72 Å². The molecule has 0 saturated carbocycles. The van der Waals surface area contributed by atoms with Crippen molar-refractivity contribution in [3.8, 4) is 0 Å². The molecule has 3 aromatic rings. The Kier molecular flexibility index (Phi) is 7.84. The first kappa shape index (κ1) is 23.2. The molecule has 1 amide bonds. The fraction of sp³-hybridized carbons (Fsp3) is 0.440. The molecular weight excluding hydrogens is 438 g/mol. The van der Waals surface area contributed by atoms with Gasteiger partial charge in [-0.05, 0) is 50.5 Å². The quantitative estimate of drug-likeness (QED) is 0.431. The summed E-state index contributed by atoms with van der Waals surface area (Å²) in [6.07, 6.45) is 0.925. The van der Waals surface area contributed by atoms with Gasteiger partial charge in [0.25, 0.3) is 0 Å². The van der Waals surface area contributed by atoms with Crippen molar-refractivity contribution in [3.63, 3.8) is 0 Å². The Labute approximate surface area is 198 Å². The number of thiazole rings is 1. The van der Waals surface area contributed by atoms with Crippen LogP contribution in [0.25, 0.3) is 10.2 Å². The first-order chi connectivity index (χ1) is 15.5. The number of fused-ring (bicyclic) bond motifs is 1. The number of hydrogen-bond donors (Lipinski definition) is 0. The molecule has 0 atom stereocenters. The minimum absolute atomic E-state index is 0.118. The monoisotopic (exact) mass is 469 g/mol. The molecule has 0 bridgehead atoms. The highest BCUT2D eigenvalue weighted by atomic mass is 32.2. The number of rotatable bonds is 8. The third kappa shape index (κ3) is 5.70. The van der Waals surface area contributed by atoms with Gasteiger partial charge >= 0.3 is 0 Å². The molecule has 0 unspecified atom stereocenters. The van der Waals surface area contributed by atoms with Gasteiger partial charge in [-0.15, -0.1) is 11.8 Å². The molecule has 4 rings (SSSR count). The second-order valence-corrected chi connectivity index (χ2v) is 10.4. The second-order valence-electron chi connectivity index (χ2n) is 8.33. The van der Waals surface area contributed by atoms with Gasteiger partial charge in [0.15, 0.2) is 5.13 Å². The zero-order chi connectivity index (χ0) is 22.5. The van der Waals surface area contributed by atoms with Crippen LogP contribution in [0.5, 0.6) is 0 Å². The highest BCUT2D eigenvalue weighted by Crippen LogP contribution is 2.33. The predicted octanol–water partition coefficient (Wildman–Crippen LogP) is 5.07. The van der Waals surface area contributed by atoms with Crippen LogP contribution in [0, 0.1) is 20.8 Å². The van der Waals surface area contributed by atoms with E-state index in [1.165, 1.54) is 15.8 Å². The van der Waals surface area contributed by atoms with Crippen molar-refractivity contribution < 1.29 is 9.53 Å². The maximum Gasteiger partial charge on any atom is 0.239 e. The minimum Gasteiger partial charge on any atom is -0.379 e. The molecule has 7 heteroatoms. The van der Waals surface area contributed by atoms with E-state index in [1.807, 2.05) is 4.90 Å². The summed E-state index contributed by atoms with van der Waals surface area (Å²) in [4.78, 5) is 23.7. The highest BCUT2D eigenvalue weighted by Gasteiger charge is 2.21. The number of aromatic nitrogens is 1. The van der Waals surface area contributed by atoms with Crippen molar-refractivity contribution in [2.75, 3.05) is 50.0 Å². The van der Waals surface area contributed by atoms with Crippen LogP contribution in [0.15, 0.2) is 41.3 Å². The van der Waals surface area contributed by atoms with Gasteiger partial charge in [0.1, 0.15) is 0 Å². The lowest BCUT2D eigenvalue weighted by Gasteiger charge is -2.27. The molecule has 1 aliphatic rings. The highest BCUT2D eigenvalue weighted by molar-refractivity contribution is 8.00. The summed E-state index contributed by atoms with van der Waals surface area (Å²) >= 11 is 3.23. The average Bonchev–Trinajstić information content (AvgIpc) is 3.26. The van der Waals surface area contributed by atoms with Gasteiger partial charge < -0.3 is 4.74 Å². The molecular formula is C25H31N3O2S2. The summed E-state index contributed by atoms with van der Waals surface area (Å²) in [6.45, 7) is 11.5. The van der Waals surface area contributed by atoms with E-state index in [9.17, 15) is 4.79 Å². The van der Waals surface area contributed by atoms with Gasteiger partial charge in [-0.2, -0.15) is 0 Å². The number of anilines is 1. The fourth-order valence-electron chi connectivity index (χ4n) is 3.83. The number of aryl methyl sites for hydroxylation is 3. The largest absolute Gasteiger partial charge is 0.379 e. The number of carbonyl (C=O) groups is 1. The van der Waals surface area contributed by atoms with E-state index in [0.717, 1.165) is 60.4 Å². The zero-order valence-corrected chi connectivity index (χ0v) is 20.7. The lowest BCUT2D eigenvalue weighted by atomic mass is 10.1. The molecule has 1 saturated heterocycles. The van der Waals surface area contributed by atoms with Crippen LogP contribution in [0.3, 0.4) is 0 Å². The van der Waals surface area contributed by atoms with E-state index in [-0.39, 0.29) is 5.91 Å². The number of nitrogens with zero attached hydrogens (tertiary/aromatic N) is 3. The zero-order valence-electron chi connectivity index (χ0n) is 19.1. The Bertz CT molecular complexity index is 1020. The Morgan fingerprint density at radius 2 is 1.81 bits per heavy atom. The molecule has 0 N–H and O–H groups in total. The standard InChI is InChI=1S/C25H31N3O2S2/c1-18-5-9-21(10-6-18)31-17-22(29)28(12-4-11-27-13-15-30-16-14-27)25-26-23-19(2)7-8-20(3)24(23)32-25/h5-10H,4,11-17H2,1-3H3. The van der Waals surface area contributed by atoms with Crippen LogP contribution in [-0.2, 0) is 9.53 Å². The molecule has 5 nitrogen and oxygen atoms in total. The van der Waals surface area contributed by atoms with Gasteiger partial charge in [0, 0.05) is 31.1 Å². The van der Waals surface area contributed by atoms with Crippen molar-refractivity contribution in [1.29, 1.82) is 0 Å². The molecule has 170 valence electrons. The molecule has 0 spiro atoms. The van der Waals surface area contributed by atoms with Crippen LogP contribution < -0.4 is 4.90 Å². The Hall–Kier alpha value is -1.93. The lowest BCUT2D eigenvalue weighted by molar-refractivity contribution is -0.116. The van der Waals surface area contributed by atoms with Crippen LogP contribution in [0.4, 0.5) is 5.13 Å². The van der Waals surface area contributed by atoms with E-state index in [0.29, 0.717) is 12.3 Å². The number of hydrogen-bond acceptors (Lipinski definition) is 6. The van der Waals surface area contributed by atoms with Crippen LogP contribution in [-0.4, -0.2) is 60.9 Å². The molecule has 1 aromatic heterocycles. The summed E-state index contributed by atoms with van der Waals surface area (Å²) < 4.78 is 6.63. The van der Waals surface area contributed by atoms with Crippen LogP contribution in [0.2, 0.25) is 0 Å². The third-order valence-electron chi connectivity index (χ3n) is 5.81. The summed E-state index contributed by atoms with van der Waals surface area (Å²) in [5.41, 5.74) is 4.61. The molecule has 1 aliphatic heterocycles. The van der Waals surface area contributed by atoms with E-state index < -0.39 is 0 Å². The first-order valence-corrected chi connectivity index (χ1v) is 13.0. The van der Waals surface area contributed by atoms with Gasteiger partial charge in [0.2, 0.25) is 5.91 Å². The smallest absolute Gasteiger partial charge is 0.239 e. The SMILES string of the molecule is Cc1ccc(SCC(=O)N(CCCN2CCOCC2)c2nc3c(C)ccc(C)c3s2)cc1. The molecule has 0 radical (unpaired) electrons. The molecule has 0 aliphatic carbocycles. The number of amides is 1. The Morgan fingerprint density at radius 1 is 1.09 bits per heavy atom. The molecule has 2 aromatic carbocycles. The van der Waals surface area contributed by atoms with E-state index >= 15 is 0 Å². The van der Waals surface area contributed by atoms with Crippen molar-refractivity contribution >= 4 is 44.4 Å². The van der Waals surface area contributed by atoms with Crippen LogP contribution in [0.1, 0.15) is 23.1 Å². The normalized spacial score (nSPS) is 14.7. The van der Waals surface area contributed by atoms with E-state index in [1.54, 1.807) is 23.1 Å². The van der Waals surface area contributed by atoms with Crippen molar-refractivity contribution in [2.45, 2.75) is 32.1 Å². The van der Waals surface area contributed by atoms with Crippen molar-refractivity contribution in [2.24, 2.45) is 0 Å². The third-order valence-corrected chi connectivity index (χ3v) is 8.02. The summed E-state index contributed by atoms with van der Waals surface area (Å²) in [5.74, 6) is 0.529. The maximum absolute atomic E-state index is 13.4. The minimum atomic E-state index is 0.118.